The van der Waals surface area contributed by atoms with Crippen molar-refractivity contribution in [1.29, 1.82) is 0 Å². The molecule has 0 radical (unpaired) electrons. The van der Waals surface area contributed by atoms with E-state index in [0.29, 0.717) is 6.42 Å². The van der Waals surface area contributed by atoms with Crippen LogP contribution in [-0.2, 0) is 4.79 Å². The maximum Gasteiger partial charge on any atom is 0.204 e. The zero-order valence-electron chi connectivity index (χ0n) is 6.66. The molecule has 4 nitrogen and oxygen atoms in total. The third kappa shape index (κ3) is 5.51. The molecule has 11 heavy (non-hydrogen) atoms. The summed E-state index contributed by atoms with van der Waals surface area (Å²) in [6.45, 7) is 1.87. The van der Waals surface area contributed by atoms with Crippen LogP contribution in [0.1, 0.15) is 26.2 Å². The molecule has 0 spiro atoms. The average Bonchev–Trinajstić information content (AvgIpc) is 1.97. The van der Waals surface area contributed by atoms with Crippen LogP contribution in [0.2, 0.25) is 0 Å². The van der Waals surface area contributed by atoms with E-state index in [1.54, 1.807) is 0 Å². The third-order valence-electron chi connectivity index (χ3n) is 1.53. The van der Waals surface area contributed by atoms with E-state index >= 15 is 0 Å². The molecule has 1 unspecified atom stereocenters. The van der Waals surface area contributed by atoms with E-state index < -0.39 is 0 Å². The molecule has 0 fully saturated rings. The molecule has 0 aromatic rings. The smallest absolute Gasteiger partial charge is 0.204 e. The summed E-state index contributed by atoms with van der Waals surface area (Å²) in [4.78, 5) is 19.8. The first-order valence-electron chi connectivity index (χ1n) is 3.77. The maximum absolute atomic E-state index is 10.3. The van der Waals surface area contributed by atoms with Gasteiger partial charge in [-0.05, 0) is 6.42 Å². The van der Waals surface area contributed by atoms with Gasteiger partial charge in [-0.25, -0.2) is 0 Å². The average molecular weight is 159 g/mol. The molecule has 0 aromatic heterocycles. The van der Waals surface area contributed by atoms with Gasteiger partial charge in [-0.15, -0.1) is 0 Å². The number of hydrogen-bond donors (Lipinski definition) is 0. The number of carbonyl (C=O) groups is 1. The third-order valence-corrected chi connectivity index (χ3v) is 1.53. The lowest BCUT2D eigenvalue weighted by Crippen LogP contribution is -2.09. The van der Waals surface area contributed by atoms with Crippen LogP contribution >= 0.6 is 0 Å². The molecule has 0 aromatic carbocycles. The van der Waals surface area contributed by atoms with Gasteiger partial charge in [0.15, 0.2) is 0 Å². The molecule has 0 saturated heterocycles. The highest BCUT2D eigenvalue weighted by Crippen LogP contribution is 2.07. The van der Waals surface area contributed by atoms with Gasteiger partial charge in [-0.2, -0.15) is 0 Å². The van der Waals surface area contributed by atoms with Crippen molar-refractivity contribution in [3.05, 3.63) is 10.1 Å². The lowest BCUT2D eigenvalue weighted by Gasteiger charge is -2.03. The van der Waals surface area contributed by atoms with Crippen molar-refractivity contribution in [3.8, 4) is 0 Å². The monoisotopic (exact) mass is 159 g/mol. The molecule has 0 amide bonds. The van der Waals surface area contributed by atoms with E-state index in [-0.39, 0.29) is 17.4 Å². The van der Waals surface area contributed by atoms with Crippen LogP contribution in [0.5, 0.6) is 0 Å². The van der Waals surface area contributed by atoms with Gasteiger partial charge in [0.25, 0.3) is 0 Å². The van der Waals surface area contributed by atoms with Gasteiger partial charge >= 0.3 is 0 Å². The number of nitrogens with zero attached hydrogens (tertiary/aromatic N) is 1. The van der Waals surface area contributed by atoms with Crippen LogP contribution in [0.3, 0.4) is 0 Å². The second-order valence-corrected chi connectivity index (χ2v) is 2.53. The first kappa shape index (κ1) is 10.1. The minimum absolute atomic E-state index is 0.0938. The molecule has 0 saturated carbocycles. The second kappa shape index (κ2) is 5.82. The molecule has 0 aliphatic rings. The Labute approximate surface area is 65.7 Å². The van der Waals surface area contributed by atoms with Crippen molar-refractivity contribution < 1.29 is 9.72 Å². The first-order valence-corrected chi connectivity index (χ1v) is 3.77. The van der Waals surface area contributed by atoms with Gasteiger partial charge in [0.1, 0.15) is 6.29 Å². The predicted octanol–water partition coefficient (Wildman–Crippen LogP) is 1.27. The zero-order valence-corrected chi connectivity index (χ0v) is 6.66. The minimum atomic E-state index is -0.383. The Balaban J connectivity index is 3.51. The van der Waals surface area contributed by atoms with Gasteiger partial charge in [0, 0.05) is 17.3 Å². The van der Waals surface area contributed by atoms with Gasteiger partial charge in [0.2, 0.25) is 6.54 Å². The van der Waals surface area contributed by atoms with Crippen molar-refractivity contribution in [1.82, 2.24) is 0 Å². The Morgan fingerprint density at radius 1 is 1.55 bits per heavy atom. The SMILES string of the molecule is CCCC(C=O)CC[N+](=O)[O-]. The summed E-state index contributed by atoms with van der Waals surface area (Å²) in [5.41, 5.74) is 0. The number of aldehydes is 1. The number of nitro groups is 1. The highest BCUT2D eigenvalue weighted by molar-refractivity contribution is 5.53. The number of carbonyl (C=O) groups excluding carboxylic acids is 1. The van der Waals surface area contributed by atoms with Crippen LogP contribution in [0, 0.1) is 16.0 Å². The van der Waals surface area contributed by atoms with Crippen molar-refractivity contribution >= 4 is 6.29 Å². The fourth-order valence-corrected chi connectivity index (χ4v) is 0.922. The van der Waals surface area contributed by atoms with E-state index in [2.05, 4.69) is 0 Å². The Morgan fingerprint density at radius 2 is 2.18 bits per heavy atom. The normalized spacial score (nSPS) is 12.5. The van der Waals surface area contributed by atoms with Gasteiger partial charge in [-0.3, -0.25) is 10.1 Å². The molecule has 4 heteroatoms. The van der Waals surface area contributed by atoms with E-state index in [1.165, 1.54) is 0 Å². The van der Waals surface area contributed by atoms with Gasteiger partial charge < -0.3 is 4.79 Å². The Morgan fingerprint density at radius 3 is 2.55 bits per heavy atom. The van der Waals surface area contributed by atoms with Crippen molar-refractivity contribution in [3.63, 3.8) is 0 Å². The molecule has 0 N–H and O–H groups in total. The van der Waals surface area contributed by atoms with E-state index in [4.69, 9.17) is 0 Å². The molecular formula is C7H13NO3. The second-order valence-electron chi connectivity index (χ2n) is 2.53. The van der Waals surface area contributed by atoms with Gasteiger partial charge in [-0.1, -0.05) is 13.3 Å². The molecular weight excluding hydrogens is 146 g/mol. The molecule has 0 rings (SSSR count). The van der Waals surface area contributed by atoms with Crippen LogP contribution in [0.4, 0.5) is 0 Å². The zero-order chi connectivity index (χ0) is 8.69. The highest BCUT2D eigenvalue weighted by atomic mass is 16.6. The van der Waals surface area contributed by atoms with E-state index in [1.807, 2.05) is 6.92 Å². The van der Waals surface area contributed by atoms with Crippen LogP contribution in [-0.4, -0.2) is 17.8 Å². The lowest BCUT2D eigenvalue weighted by molar-refractivity contribution is -0.481. The van der Waals surface area contributed by atoms with Crippen LogP contribution < -0.4 is 0 Å². The maximum atomic E-state index is 10.3. The summed E-state index contributed by atoms with van der Waals surface area (Å²) < 4.78 is 0. The number of rotatable bonds is 6. The van der Waals surface area contributed by atoms with Gasteiger partial charge in [0.05, 0.1) is 0 Å². The molecule has 1 atom stereocenters. The molecule has 0 heterocycles. The van der Waals surface area contributed by atoms with Crippen molar-refractivity contribution in [2.75, 3.05) is 6.54 Å². The lowest BCUT2D eigenvalue weighted by atomic mass is 10.0. The van der Waals surface area contributed by atoms with E-state index in [9.17, 15) is 14.9 Å². The topological polar surface area (TPSA) is 60.2 Å². The Kier molecular flexibility index (Phi) is 5.33. The van der Waals surface area contributed by atoms with Crippen LogP contribution in [0.25, 0.3) is 0 Å². The number of hydrogen-bond acceptors (Lipinski definition) is 3. The fourth-order valence-electron chi connectivity index (χ4n) is 0.922. The Bertz CT molecular complexity index is 136. The molecule has 0 aliphatic heterocycles. The van der Waals surface area contributed by atoms with E-state index in [0.717, 1.165) is 19.1 Å². The largest absolute Gasteiger partial charge is 0.303 e. The summed E-state index contributed by atoms with van der Waals surface area (Å²) in [7, 11) is 0. The standard InChI is InChI=1S/C7H13NO3/c1-2-3-7(6-9)4-5-8(10)11/h6-7H,2-5H2,1H3. The summed E-state index contributed by atoms with van der Waals surface area (Å²) >= 11 is 0. The fraction of sp³-hybridized carbons (Fsp3) is 0.857. The summed E-state index contributed by atoms with van der Waals surface area (Å²) in [5, 5.41) is 9.91. The summed E-state index contributed by atoms with van der Waals surface area (Å²) in [6.07, 6.45) is 2.86. The van der Waals surface area contributed by atoms with Crippen molar-refractivity contribution in [2.24, 2.45) is 5.92 Å². The summed E-state index contributed by atoms with van der Waals surface area (Å²) in [5.74, 6) is -0.120. The minimum Gasteiger partial charge on any atom is -0.303 e. The molecule has 64 valence electrons. The molecule has 0 aliphatic carbocycles. The predicted molar refractivity (Wildman–Crippen MR) is 40.9 cm³/mol. The quantitative estimate of drug-likeness (QED) is 0.333. The first-order chi connectivity index (χ1) is 5.20. The van der Waals surface area contributed by atoms with Crippen LogP contribution in [0.15, 0.2) is 0 Å². The molecule has 0 bridgehead atoms. The Hall–Kier alpha value is -0.930. The summed E-state index contributed by atoms with van der Waals surface area (Å²) in [6, 6.07) is 0. The highest BCUT2D eigenvalue weighted by Gasteiger charge is 2.08. The van der Waals surface area contributed by atoms with Crippen molar-refractivity contribution in [2.45, 2.75) is 26.2 Å².